The Kier molecular flexibility index (Phi) is 6.93. The molecule has 0 saturated carbocycles. The standard InChI is InChI=1S/C18H19BrN2O3/c19-16-8-6-15(7-9-16)18(23,24)21-13-11-17(22)20-12-10-14-4-2-1-3-5-14/h1-9,21H,10-13H2,(H,20,22)/q-2. The third kappa shape index (κ3) is 6.05. The minimum Gasteiger partial charge on any atom is -0.848 e. The molecular weight excluding hydrogens is 372 g/mol. The molecule has 0 fully saturated rings. The first-order chi connectivity index (χ1) is 11.5. The van der Waals surface area contributed by atoms with Crippen molar-refractivity contribution in [1.29, 1.82) is 0 Å². The van der Waals surface area contributed by atoms with Crippen LogP contribution in [0.3, 0.4) is 0 Å². The fraction of sp³-hybridized carbons (Fsp3) is 0.278. The van der Waals surface area contributed by atoms with Gasteiger partial charge in [-0.3, -0.25) is 4.79 Å². The molecule has 0 aliphatic rings. The molecule has 5 nitrogen and oxygen atoms in total. The third-order valence-corrected chi connectivity index (χ3v) is 4.04. The van der Waals surface area contributed by atoms with Gasteiger partial charge in [-0.15, -0.1) is 5.91 Å². The van der Waals surface area contributed by atoms with Crippen LogP contribution in [0.4, 0.5) is 0 Å². The summed E-state index contributed by atoms with van der Waals surface area (Å²) in [6, 6.07) is 16.0. The van der Waals surface area contributed by atoms with Crippen molar-refractivity contribution in [2.75, 3.05) is 13.1 Å². The first-order valence-electron chi connectivity index (χ1n) is 7.70. The first kappa shape index (κ1) is 18.6. The molecule has 0 saturated heterocycles. The van der Waals surface area contributed by atoms with Crippen molar-refractivity contribution >= 4 is 21.8 Å². The molecule has 0 atom stereocenters. The zero-order valence-corrected chi connectivity index (χ0v) is 14.7. The third-order valence-electron chi connectivity index (χ3n) is 3.51. The van der Waals surface area contributed by atoms with E-state index in [4.69, 9.17) is 0 Å². The maximum absolute atomic E-state index is 12.0. The van der Waals surface area contributed by atoms with Gasteiger partial charge in [0.1, 0.15) is 0 Å². The Bertz CT molecular complexity index is 645. The number of nitrogens with one attached hydrogen (secondary N) is 2. The predicted octanol–water partition coefficient (Wildman–Crippen LogP) is 0.619. The van der Waals surface area contributed by atoms with E-state index >= 15 is 0 Å². The molecule has 1 amide bonds. The average Bonchev–Trinajstić information content (AvgIpc) is 2.56. The number of halogens is 1. The molecule has 2 rings (SSSR count). The molecule has 2 aromatic carbocycles. The van der Waals surface area contributed by atoms with E-state index in [9.17, 15) is 15.0 Å². The molecular formula is C18H19BrN2O3-2. The lowest BCUT2D eigenvalue weighted by molar-refractivity contribution is -0.744. The van der Waals surface area contributed by atoms with Crippen molar-refractivity contribution in [2.45, 2.75) is 18.8 Å². The Labute approximate surface area is 149 Å². The number of benzene rings is 2. The topological polar surface area (TPSA) is 87.2 Å². The summed E-state index contributed by atoms with van der Waals surface area (Å²) in [5, 5.41) is 29.1. The molecule has 0 unspecified atom stereocenters. The fourth-order valence-electron chi connectivity index (χ4n) is 2.19. The van der Waals surface area contributed by atoms with Gasteiger partial charge in [0.05, 0.1) is 0 Å². The van der Waals surface area contributed by atoms with Gasteiger partial charge < -0.3 is 20.8 Å². The summed E-state index contributed by atoms with van der Waals surface area (Å²) in [6.07, 6.45) is 0.823. The Balaban J connectivity index is 1.69. The van der Waals surface area contributed by atoms with Crippen LogP contribution in [0.2, 0.25) is 0 Å². The highest BCUT2D eigenvalue weighted by Gasteiger charge is 2.06. The zero-order valence-electron chi connectivity index (χ0n) is 13.1. The SMILES string of the molecule is O=C(CCNC([O-])([O-])c1ccc(Br)cc1)NCCc1ccccc1. The van der Waals surface area contributed by atoms with Gasteiger partial charge in [0.2, 0.25) is 5.91 Å². The minimum absolute atomic E-state index is 0.0280. The molecule has 0 spiro atoms. The Morgan fingerprint density at radius 1 is 1.00 bits per heavy atom. The Morgan fingerprint density at radius 2 is 1.67 bits per heavy atom. The second-order valence-electron chi connectivity index (χ2n) is 5.39. The van der Waals surface area contributed by atoms with Crippen molar-refractivity contribution in [3.05, 3.63) is 70.2 Å². The van der Waals surface area contributed by atoms with Gasteiger partial charge in [0.15, 0.2) is 0 Å². The molecule has 6 heteroatoms. The summed E-state index contributed by atoms with van der Waals surface area (Å²) < 4.78 is 0.792. The highest BCUT2D eigenvalue weighted by Crippen LogP contribution is 2.14. The normalized spacial score (nSPS) is 11.3. The number of hydrogen-bond donors (Lipinski definition) is 2. The number of rotatable bonds is 8. The largest absolute Gasteiger partial charge is 0.848 e. The minimum atomic E-state index is -2.66. The summed E-state index contributed by atoms with van der Waals surface area (Å²) in [4.78, 5) is 11.7. The molecule has 0 aliphatic heterocycles. The lowest BCUT2D eigenvalue weighted by Crippen LogP contribution is -2.63. The van der Waals surface area contributed by atoms with Crippen LogP contribution in [-0.2, 0) is 17.1 Å². The summed E-state index contributed by atoms with van der Waals surface area (Å²) in [6.45, 7) is 0.551. The van der Waals surface area contributed by atoms with Crippen LogP contribution in [0, 0.1) is 0 Å². The van der Waals surface area contributed by atoms with E-state index in [1.165, 1.54) is 12.1 Å². The van der Waals surface area contributed by atoms with E-state index in [1.807, 2.05) is 30.3 Å². The molecule has 0 aromatic heterocycles. The highest BCUT2D eigenvalue weighted by atomic mass is 79.9. The van der Waals surface area contributed by atoms with Gasteiger partial charge in [-0.1, -0.05) is 64.0 Å². The Morgan fingerprint density at radius 3 is 2.33 bits per heavy atom. The number of carbonyl (C=O) groups is 1. The van der Waals surface area contributed by atoms with Gasteiger partial charge in [-0.05, 0) is 24.1 Å². The van der Waals surface area contributed by atoms with Gasteiger partial charge >= 0.3 is 0 Å². The van der Waals surface area contributed by atoms with E-state index in [0.717, 1.165) is 16.5 Å². The molecule has 0 heterocycles. The second kappa shape index (κ2) is 8.94. The van der Waals surface area contributed by atoms with Crippen LogP contribution >= 0.6 is 15.9 Å². The van der Waals surface area contributed by atoms with Crippen molar-refractivity contribution in [1.82, 2.24) is 10.6 Å². The van der Waals surface area contributed by atoms with Gasteiger partial charge in [-0.2, -0.15) is 0 Å². The smallest absolute Gasteiger partial charge is 0.221 e. The van der Waals surface area contributed by atoms with E-state index in [1.54, 1.807) is 12.1 Å². The van der Waals surface area contributed by atoms with E-state index in [2.05, 4.69) is 26.6 Å². The monoisotopic (exact) mass is 390 g/mol. The molecule has 24 heavy (non-hydrogen) atoms. The predicted molar refractivity (Wildman–Crippen MR) is 91.6 cm³/mol. The molecule has 2 N–H and O–H groups in total. The summed E-state index contributed by atoms with van der Waals surface area (Å²) in [5.41, 5.74) is 1.24. The molecule has 0 aliphatic carbocycles. The van der Waals surface area contributed by atoms with Crippen molar-refractivity contribution in [3.63, 3.8) is 0 Å². The van der Waals surface area contributed by atoms with Crippen LogP contribution in [0.25, 0.3) is 0 Å². The maximum Gasteiger partial charge on any atom is 0.221 e. The first-order valence-corrected chi connectivity index (χ1v) is 8.49. The lowest BCUT2D eigenvalue weighted by Gasteiger charge is -2.50. The summed E-state index contributed by atoms with van der Waals surface area (Å²) in [7, 11) is 0. The van der Waals surface area contributed by atoms with Crippen LogP contribution in [-0.4, -0.2) is 19.0 Å². The number of hydrogen-bond acceptors (Lipinski definition) is 4. The number of amides is 1. The lowest BCUT2D eigenvalue weighted by atomic mass is 10.1. The molecule has 128 valence electrons. The van der Waals surface area contributed by atoms with E-state index in [-0.39, 0.29) is 24.4 Å². The maximum atomic E-state index is 12.0. The summed E-state index contributed by atoms with van der Waals surface area (Å²) in [5.74, 6) is -2.85. The van der Waals surface area contributed by atoms with E-state index in [0.29, 0.717) is 6.54 Å². The molecule has 0 radical (unpaired) electrons. The zero-order chi connectivity index (χ0) is 17.4. The highest BCUT2D eigenvalue weighted by molar-refractivity contribution is 9.10. The van der Waals surface area contributed by atoms with Crippen molar-refractivity contribution < 1.29 is 15.0 Å². The van der Waals surface area contributed by atoms with Crippen LogP contribution in [0.15, 0.2) is 59.1 Å². The molecule has 2 aromatic rings. The van der Waals surface area contributed by atoms with Crippen LogP contribution in [0.1, 0.15) is 17.5 Å². The van der Waals surface area contributed by atoms with Crippen LogP contribution < -0.4 is 20.8 Å². The summed E-state index contributed by atoms with van der Waals surface area (Å²) >= 11 is 3.25. The quantitative estimate of drug-likeness (QED) is 0.646. The van der Waals surface area contributed by atoms with Crippen LogP contribution in [0.5, 0.6) is 0 Å². The Hall–Kier alpha value is -1.73. The van der Waals surface area contributed by atoms with Gasteiger partial charge in [0.25, 0.3) is 0 Å². The van der Waals surface area contributed by atoms with Crippen molar-refractivity contribution in [3.8, 4) is 0 Å². The van der Waals surface area contributed by atoms with Gasteiger partial charge in [0, 0.05) is 24.0 Å². The number of carbonyl (C=O) groups excluding carboxylic acids is 1. The average molecular weight is 391 g/mol. The fourth-order valence-corrected chi connectivity index (χ4v) is 2.46. The van der Waals surface area contributed by atoms with E-state index < -0.39 is 5.91 Å². The van der Waals surface area contributed by atoms with Crippen molar-refractivity contribution in [2.24, 2.45) is 0 Å². The van der Waals surface area contributed by atoms with Gasteiger partial charge in [-0.25, -0.2) is 0 Å². The molecule has 0 bridgehead atoms. The second-order valence-corrected chi connectivity index (χ2v) is 6.30.